The van der Waals surface area contributed by atoms with E-state index in [0.29, 0.717) is 17.8 Å². The van der Waals surface area contributed by atoms with Crippen LogP contribution >= 0.6 is 0 Å². The number of H-pyrrole nitrogens is 1. The fourth-order valence-electron chi connectivity index (χ4n) is 2.70. The minimum absolute atomic E-state index is 0.136. The largest absolute Gasteiger partial charge is 0.351 e. The number of carbonyl (C=O) groups is 1. The molecule has 0 atom stereocenters. The van der Waals surface area contributed by atoms with E-state index in [0.717, 1.165) is 22.0 Å². The highest BCUT2D eigenvalue weighted by molar-refractivity contribution is 5.98. The van der Waals surface area contributed by atoms with Crippen LogP contribution < -0.4 is 5.32 Å². The lowest BCUT2D eigenvalue weighted by Gasteiger charge is -2.04. The maximum absolute atomic E-state index is 12.3. The molecule has 0 radical (unpaired) electrons. The quantitative estimate of drug-likeness (QED) is 0.776. The highest BCUT2D eigenvalue weighted by Gasteiger charge is 2.11. The maximum atomic E-state index is 12.3. The van der Waals surface area contributed by atoms with Gasteiger partial charge in [-0.3, -0.25) is 4.79 Å². The Bertz CT molecular complexity index is 914. The van der Waals surface area contributed by atoms with Crippen molar-refractivity contribution in [1.29, 1.82) is 5.26 Å². The number of hydrogen-bond acceptors (Lipinski definition) is 2. The van der Waals surface area contributed by atoms with Crippen LogP contribution in [-0.4, -0.2) is 10.9 Å². The second kappa shape index (κ2) is 5.98. The highest BCUT2D eigenvalue weighted by Crippen LogP contribution is 2.21. The van der Waals surface area contributed by atoms with Crippen molar-refractivity contribution in [2.75, 3.05) is 0 Å². The number of amides is 1. The number of aromatic nitrogens is 1. The van der Waals surface area contributed by atoms with Gasteiger partial charge in [0.05, 0.1) is 11.6 Å². The number of benzene rings is 2. The van der Waals surface area contributed by atoms with Gasteiger partial charge >= 0.3 is 0 Å². The van der Waals surface area contributed by atoms with Crippen LogP contribution in [0.1, 0.15) is 32.7 Å². The first-order valence-corrected chi connectivity index (χ1v) is 7.44. The number of nitriles is 1. The maximum Gasteiger partial charge on any atom is 0.267 e. The molecule has 1 amide bonds. The molecule has 1 aromatic heterocycles. The second-order valence-corrected chi connectivity index (χ2v) is 5.72. The smallest absolute Gasteiger partial charge is 0.267 e. The number of hydrogen-bond donors (Lipinski definition) is 2. The van der Waals surface area contributed by atoms with Crippen molar-refractivity contribution in [2.45, 2.75) is 20.4 Å². The van der Waals surface area contributed by atoms with Crippen LogP contribution in [-0.2, 0) is 6.54 Å². The van der Waals surface area contributed by atoms with Crippen molar-refractivity contribution in [1.82, 2.24) is 10.3 Å². The molecule has 0 fully saturated rings. The van der Waals surface area contributed by atoms with Crippen LogP contribution in [0.4, 0.5) is 0 Å². The van der Waals surface area contributed by atoms with Gasteiger partial charge in [0.2, 0.25) is 0 Å². The first-order chi connectivity index (χ1) is 11.1. The van der Waals surface area contributed by atoms with Gasteiger partial charge in [0.1, 0.15) is 5.69 Å². The number of fused-ring (bicyclic) bond motifs is 1. The van der Waals surface area contributed by atoms with Crippen molar-refractivity contribution in [3.63, 3.8) is 0 Å². The van der Waals surface area contributed by atoms with Crippen LogP contribution in [0, 0.1) is 25.2 Å². The molecule has 2 aromatic carbocycles. The van der Waals surface area contributed by atoms with Gasteiger partial charge in [-0.2, -0.15) is 5.26 Å². The van der Waals surface area contributed by atoms with E-state index in [1.54, 1.807) is 12.1 Å². The van der Waals surface area contributed by atoms with Crippen LogP contribution in [0.2, 0.25) is 0 Å². The number of carbonyl (C=O) groups excluding carboxylic acids is 1. The Labute approximate surface area is 134 Å². The summed E-state index contributed by atoms with van der Waals surface area (Å²) in [4.78, 5) is 15.5. The molecule has 0 bridgehead atoms. The molecular weight excluding hydrogens is 286 g/mol. The van der Waals surface area contributed by atoms with Gasteiger partial charge in [-0.05, 0) is 54.8 Å². The summed E-state index contributed by atoms with van der Waals surface area (Å²) in [6.07, 6.45) is 0. The summed E-state index contributed by atoms with van der Waals surface area (Å²) >= 11 is 0. The lowest BCUT2D eigenvalue weighted by Crippen LogP contribution is -2.23. The summed E-state index contributed by atoms with van der Waals surface area (Å²) in [5, 5.41) is 12.7. The number of nitrogens with one attached hydrogen (secondary N) is 2. The lowest BCUT2D eigenvalue weighted by atomic mass is 10.1. The number of aromatic amines is 1. The molecule has 0 unspecified atom stereocenters. The van der Waals surface area contributed by atoms with Gasteiger partial charge in [-0.1, -0.05) is 18.2 Å². The summed E-state index contributed by atoms with van der Waals surface area (Å²) < 4.78 is 0. The van der Waals surface area contributed by atoms with E-state index in [4.69, 9.17) is 5.26 Å². The van der Waals surface area contributed by atoms with Crippen molar-refractivity contribution in [2.24, 2.45) is 0 Å². The SMILES string of the molecule is Cc1cc(C)c2cc(C(=O)NCc3ccc(C#N)cc3)[nH]c2c1. The summed E-state index contributed by atoms with van der Waals surface area (Å²) in [5.41, 5.74) is 5.43. The van der Waals surface area contributed by atoms with Gasteiger partial charge in [0, 0.05) is 17.4 Å². The average Bonchev–Trinajstić information content (AvgIpc) is 2.97. The summed E-state index contributed by atoms with van der Waals surface area (Å²) in [7, 11) is 0. The van der Waals surface area contributed by atoms with Crippen LogP contribution in [0.3, 0.4) is 0 Å². The number of nitrogens with zero attached hydrogens (tertiary/aromatic N) is 1. The summed E-state index contributed by atoms with van der Waals surface area (Å²) in [6.45, 7) is 4.51. The normalized spacial score (nSPS) is 10.5. The lowest BCUT2D eigenvalue weighted by molar-refractivity contribution is 0.0947. The molecule has 0 aliphatic rings. The first kappa shape index (κ1) is 14.9. The van der Waals surface area contributed by atoms with E-state index in [-0.39, 0.29) is 5.91 Å². The summed E-state index contributed by atoms with van der Waals surface area (Å²) in [5.74, 6) is -0.136. The molecule has 4 nitrogen and oxygen atoms in total. The van der Waals surface area contributed by atoms with E-state index >= 15 is 0 Å². The molecule has 0 saturated heterocycles. The number of aryl methyl sites for hydroxylation is 2. The molecular formula is C19H17N3O. The Morgan fingerprint density at radius 1 is 1.17 bits per heavy atom. The van der Waals surface area contributed by atoms with Gasteiger partial charge < -0.3 is 10.3 Å². The number of rotatable bonds is 3. The standard InChI is InChI=1S/C19H17N3O/c1-12-7-13(2)16-9-18(22-17(16)8-12)19(23)21-11-15-5-3-14(10-20)4-6-15/h3-9,22H,11H2,1-2H3,(H,21,23). The molecule has 0 aliphatic heterocycles. The monoisotopic (exact) mass is 303 g/mol. The van der Waals surface area contributed by atoms with Crippen molar-refractivity contribution >= 4 is 16.8 Å². The zero-order valence-corrected chi connectivity index (χ0v) is 13.1. The zero-order valence-electron chi connectivity index (χ0n) is 13.1. The molecule has 0 saturated carbocycles. The zero-order chi connectivity index (χ0) is 16.4. The Kier molecular flexibility index (Phi) is 3.86. The first-order valence-electron chi connectivity index (χ1n) is 7.44. The minimum atomic E-state index is -0.136. The Morgan fingerprint density at radius 2 is 1.91 bits per heavy atom. The van der Waals surface area contributed by atoms with E-state index in [9.17, 15) is 4.79 Å². The molecule has 1 heterocycles. The molecule has 3 rings (SSSR count). The van der Waals surface area contributed by atoms with Gasteiger partial charge in [-0.15, -0.1) is 0 Å². The highest BCUT2D eigenvalue weighted by atomic mass is 16.1. The third kappa shape index (κ3) is 3.09. The van der Waals surface area contributed by atoms with Crippen molar-refractivity contribution in [3.05, 3.63) is 70.4 Å². The Hall–Kier alpha value is -3.06. The predicted molar refractivity (Wildman–Crippen MR) is 90.1 cm³/mol. The third-order valence-corrected chi connectivity index (χ3v) is 3.87. The van der Waals surface area contributed by atoms with Crippen molar-refractivity contribution < 1.29 is 4.79 Å². The molecule has 3 aromatic rings. The van der Waals surface area contributed by atoms with E-state index < -0.39 is 0 Å². The molecule has 2 N–H and O–H groups in total. The Morgan fingerprint density at radius 3 is 2.61 bits per heavy atom. The molecule has 0 aliphatic carbocycles. The van der Waals surface area contributed by atoms with Crippen LogP contribution in [0.5, 0.6) is 0 Å². The molecule has 114 valence electrons. The minimum Gasteiger partial charge on any atom is -0.351 e. The topological polar surface area (TPSA) is 68.7 Å². The molecule has 23 heavy (non-hydrogen) atoms. The average molecular weight is 303 g/mol. The fraction of sp³-hybridized carbons (Fsp3) is 0.158. The van der Waals surface area contributed by atoms with Gasteiger partial charge in [-0.25, -0.2) is 0 Å². The van der Waals surface area contributed by atoms with E-state index in [2.05, 4.69) is 22.4 Å². The molecule has 4 heteroatoms. The summed E-state index contributed by atoms with van der Waals surface area (Å²) in [6, 6.07) is 15.3. The van der Waals surface area contributed by atoms with Crippen LogP contribution in [0.25, 0.3) is 10.9 Å². The van der Waals surface area contributed by atoms with Crippen molar-refractivity contribution in [3.8, 4) is 6.07 Å². The van der Waals surface area contributed by atoms with Crippen LogP contribution in [0.15, 0.2) is 42.5 Å². The second-order valence-electron chi connectivity index (χ2n) is 5.72. The Balaban J connectivity index is 1.75. The third-order valence-electron chi connectivity index (χ3n) is 3.87. The van der Waals surface area contributed by atoms with E-state index in [1.165, 1.54) is 5.56 Å². The van der Waals surface area contributed by atoms with E-state index in [1.807, 2.05) is 38.1 Å². The predicted octanol–water partition coefficient (Wildman–Crippen LogP) is 3.59. The van der Waals surface area contributed by atoms with Gasteiger partial charge in [0.25, 0.3) is 5.91 Å². The molecule has 0 spiro atoms. The van der Waals surface area contributed by atoms with Gasteiger partial charge in [0.15, 0.2) is 0 Å². The fourth-order valence-corrected chi connectivity index (χ4v) is 2.70.